The van der Waals surface area contributed by atoms with Crippen LogP contribution in [0.15, 0.2) is 12.1 Å². The predicted molar refractivity (Wildman–Crippen MR) is 89.0 cm³/mol. The van der Waals surface area contributed by atoms with Crippen LogP contribution in [-0.4, -0.2) is 32.3 Å². The van der Waals surface area contributed by atoms with E-state index < -0.39 is 6.10 Å². The van der Waals surface area contributed by atoms with Gasteiger partial charge in [0.25, 0.3) is 5.91 Å². The maximum absolute atomic E-state index is 12.7. The van der Waals surface area contributed by atoms with Crippen LogP contribution in [0.3, 0.4) is 0 Å². The van der Waals surface area contributed by atoms with Crippen molar-refractivity contribution >= 4 is 23.2 Å². The number of methoxy groups -OCH3 is 1. The molecule has 1 atom stereocenters. The van der Waals surface area contributed by atoms with Crippen LogP contribution >= 0.6 is 11.6 Å². The molecule has 4 nitrogen and oxygen atoms in total. The average molecular weight is 326 g/mol. The molecule has 0 spiro atoms. The maximum Gasteiger partial charge on any atom is 0.255 e. The summed E-state index contributed by atoms with van der Waals surface area (Å²) < 4.78 is 11.1. The van der Waals surface area contributed by atoms with Crippen molar-refractivity contribution in [2.45, 2.75) is 45.6 Å². The van der Waals surface area contributed by atoms with Gasteiger partial charge in [0.05, 0.1) is 12.8 Å². The van der Waals surface area contributed by atoms with Crippen molar-refractivity contribution < 1.29 is 14.3 Å². The summed E-state index contributed by atoms with van der Waals surface area (Å²) >= 11 is 6.30. The van der Waals surface area contributed by atoms with E-state index in [4.69, 9.17) is 21.1 Å². The molecule has 2 rings (SSSR count). The number of halogens is 1. The molecule has 1 aromatic rings. The van der Waals surface area contributed by atoms with Crippen molar-refractivity contribution in [2.24, 2.45) is 0 Å². The second kappa shape index (κ2) is 7.84. The molecule has 1 unspecified atom stereocenters. The number of fused-ring (bicyclic) bond motifs is 1. The Balaban J connectivity index is 2.24. The second-order valence-corrected chi connectivity index (χ2v) is 5.94. The van der Waals surface area contributed by atoms with Crippen molar-refractivity contribution in [2.75, 3.05) is 25.2 Å². The number of carbonyl (C=O) groups is 1. The van der Waals surface area contributed by atoms with Crippen LogP contribution in [-0.2, 0) is 16.0 Å². The lowest BCUT2D eigenvalue weighted by molar-refractivity contribution is -0.129. The summed E-state index contributed by atoms with van der Waals surface area (Å²) in [6.07, 6.45) is 3.31. The highest BCUT2D eigenvalue weighted by atomic mass is 35.5. The van der Waals surface area contributed by atoms with Gasteiger partial charge in [-0.2, -0.15) is 0 Å². The number of unbranched alkanes of at least 4 members (excludes halogenated alkanes) is 1. The van der Waals surface area contributed by atoms with Gasteiger partial charge >= 0.3 is 0 Å². The SMILES string of the molecule is CCCCOC(C)C(=O)N1CCCc2c(Cl)ccc(OC)c21. The van der Waals surface area contributed by atoms with Gasteiger partial charge in [-0.3, -0.25) is 4.79 Å². The third kappa shape index (κ3) is 3.55. The van der Waals surface area contributed by atoms with E-state index in [1.54, 1.807) is 12.0 Å². The predicted octanol–water partition coefficient (Wildman–Crippen LogP) is 3.83. The van der Waals surface area contributed by atoms with Gasteiger partial charge in [-0.05, 0) is 43.9 Å². The van der Waals surface area contributed by atoms with Crippen molar-refractivity contribution in [3.05, 3.63) is 22.7 Å². The minimum Gasteiger partial charge on any atom is -0.495 e. The van der Waals surface area contributed by atoms with Crippen LogP contribution in [0, 0.1) is 0 Å². The molecule has 0 saturated heterocycles. The normalized spacial score (nSPS) is 15.4. The molecule has 0 fully saturated rings. The number of amides is 1. The minimum absolute atomic E-state index is 0.0300. The number of ether oxygens (including phenoxy) is 2. The second-order valence-electron chi connectivity index (χ2n) is 5.54. The first-order chi connectivity index (χ1) is 10.6. The highest BCUT2D eigenvalue weighted by Crippen LogP contribution is 2.40. The van der Waals surface area contributed by atoms with E-state index >= 15 is 0 Å². The van der Waals surface area contributed by atoms with Crippen molar-refractivity contribution in [3.8, 4) is 5.75 Å². The Labute approximate surface area is 137 Å². The first kappa shape index (κ1) is 17.1. The van der Waals surface area contributed by atoms with E-state index in [-0.39, 0.29) is 5.91 Å². The largest absolute Gasteiger partial charge is 0.495 e. The molecule has 1 heterocycles. The van der Waals surface area contributed by atoms with Crippen molar-refractivity contribution in [1.29, 1.82) is 0 Å². The Bertz CT molecular complexity index is 533. The molecule has 0 bridgehead atoms. The van der Waals surface area contributed by atoms with Crippen LogP contribution in [0.2, 0.25) is 5.02 Å². The zero-order chi connectivity index (χ0) is 16.1. The van der Waals surface area contributed by atoms with Gasteiger partial charge in [0.2, 0.25) is 0 Å². The number of carbonyl (C=O) groups excluding carboxylic acids is 1. The number of anilines is 1. The standard InChI is InChI=1S/C17H24ClNO3/c1-4-5-11-22-12(2)17(20)19-10-6-7-13-14(18)8-9-15(21-3)16(13)19/h8-9,12H,4-7,10-11H2,1-3H3. The third-order valence-corrected chi connectivity index (χ3v) is 4.32. The van der Waals surface area contributed by atoms with Crippen molar-refractivity contribution in [1.82, 2.24) is 0 Å². The molecule has 1 aromatic carbocycles. The molecule has 1 aliphatic heterocycles. The lowest BCUT2D eigenvalue weighted by Gasteiger charge is -2.33. The molecule has 0 saturated carbocycles. The Morgan fingerprint density at radius 1 is 1.45 bits per heavy atom. The van der Waals surface area contributed by atoms with E-state index in [9.17, 15) is 4.79 Å². The van der Waals surface area contributed by atoms with Gasteiger partial charge in [0.15, 0.2) is 0 Å². The highest BCUT2D eigenvalue weighted by molar-refractivity contribution is 6.32. The van der Waals surface area contributed by atoms with Gasteiger partial charge in [-0.15, -0.1) is 0 Å². The number of benzene rings is 1. The van der Waals surface area contributed by atoms with Crippen LogP contribution in [0.4, 0.5) is 5.69 Å². The summed E-state index contributed by atoms with van der Waals surface area (Å²) in [6.45, 7) is 5.19. The molecule has 22 heavy (non-hydrogen) atoms. The minimum atomic E-state index is -0.457. The number of nitrogens with zero attached hydrogens (tertiary/aromatic N) is 1. The highest BCUT2D eigenvalue weighted by Gasteiger charge is 2.30. The fraction of sp³-hybridized carbons (Fsp3) is 0.588. The van der Waals surface area contributed by atoms with Crippen LogP contribution < -0.4 is 9.64 Å². The van der Waals surface area contributed by atoms with E-state index in [0.717, 1.165) is 36.9 Å². The molecule has 1 aliphatic rings. The molecular formula is C17H24ClNO3. The van der Waals surface area contributed by atoms with E-state index in [1.807, 2.05) is 19.1 Å². The molecule has 1 amide bonds. The lowest BCUT2D eigenvalue weighted by atomic mass is 10.00. The van der Waals surface area contributed by atoms with Crippen LogP contribution in [0.25, 0.3) is 0 Å². The third-order valence-electron chi connectivity index (χ3n) is 3.97. The Kier molecular flexibility index (Phi) is 6.09. The van der Waals surface area contributed by atoms with Gasteiger partial charge in [-0.25, -0.2) is 0 Å². The number of rotatable bonds is 6. The molecular weight excluding hydrogens is 302 g/mol. The summed E-state index contributed by atoms with van der Waals surface area (Å²) in [7, 11) is 1.61. The Morgan fingerprint density at radius 2 is 2.23 bits per heavy atom. The fourth-order valence-corrected chi connectivity index (χ4v) is 2.98. The first-order valence-corrected chi connectivity index (χ1v) is 8.26. The van der Waals surface area contributed by atoms with E-state index in [1.165, 1.54) is 0 Å². The number of hydrogen-bond acceptors (Lipinski definition) is 3. The maximum atomic E-state index is 12.7. The summed E-state index contributed by atoms with van der Waals surface area (Å²) in [4.78, 5) is 14.5. The Hall–Kier alpha value is -1.26. The Morgan fingerprint density at radius 3 is 2.91 bits per heavy atom. The summed E-state index contributed by atoms with van der Waals surface area (Å²) in [5, 5.41) is 0.688. The summed E-state index contributed by atoms with van der Waals surface area (Å²) in [6, 6.07) is 3.64. The van der Waals surface area contributed by atoms with Crippen molar-refractivity contribution in [3.63, 3.8) is 0 Å². The van der Waals surface area contributed by atoms with Crippen LogP contribution in [0.1, 0.15) is 38.7 Å². The zero-order valence-electron chi connectivity index (χ0n) is 13.5. The number of hydrogen-bond donors (Lipinski definition) is 0. The van der Waals surface area contributed by atoms with E-state index in [0.29, 0.717) is 23.9 Å². The van der Waals surface area contributed by atoms with Gasteiger partial charge in [0.1, 0.15) is 11.9 Å². The van der Waals surface area contributed by atoms with Gasteiger partial charge in [-0.1, -0.05) is 24.9 Å². The molecule has 0 aliphatic carbocycles. The molecule has 0 N–H and O–H groups in total. The molecule has 122 valence electrons. The molecule has 0 radical (unpaired) electrons. The van der Waals surface area contributed by atoms with Gasteiger partial charge < -0.3 is 14.4 Å². The monoisotopic (exact) mass is 325 g/mol. The molecule has 0 aromatic heterocycles. The summed E-state index contributed by atoms with van der Waals surface area (Å²) in [5.41, 5.74) is 1.79. The smallest absolute Gasteiger partial charge is 0.255 e. The van der Waals surface area contributed by atoms with Crippen LogP contribution in [0.5, 0.6) is 5.75 Å². The summed E-state index contributed by atoms with van der Waals surface area (Å²) in [5.74, 6) is 0.658. The zero-order valence-corrected chi connectivity index (χ0v) is 14.3. The lowest BCUT2D eigenvalue weighted by Crippen LogP contribution is -2.42. The van der Waals surface area contributed by atoms with Gasteiger partial charge in [0, 0.05) is 18.2 Å². The fourth-order valence-electron chi connectivity index (χ4n) is 2.73. The average Bonchev–Trinajstić information content (AvgIpc) is 2.54. The first-order valence-electron chi connectivity index (χ1n) is 7.88. The quantitative estimate of drug-likeness (QED) is 0.746. The topological polar surface area (TPSA) is 38.8 Å². The van der Waals surface area contributed by atoms with E-state index in [2.05, 4.69) is 6.92 Å². The molecule has 5 heteroatoms.